The van der Waals surface area contributed by atoms with Crippen LogP contribution in [0.5, 0.6) is 0 Å². The molecule has 1 fully saturated rings. The van der Waals surface area contributed by atoms with Gasteiger partial charge in [-0.15, -0.1) is 0 Å². The Balaban J connectivity index is 1.16. The molecule has 3 aromatic carbocycles. The number of rotatable bonds is 6. The van der Waals surface area contributed by atoms with Gasteiger partial charge in [0.05, 0.1) is 11.6 Å². The highest BCUT2D eigenvalue weighted by Crippen LogP contribution is 2.27. The largest absolute Gasteiger partial charge is 0.362 e. The fourth-order valence-corrected chi connectivity index (χ4v) is 5.16. The molecule has 1 saturated carbocycles. The maximum absolute atomic E-state index is 12.8. The molecule has 7 heteroatoms. The quantitative estimate of drug-likeness (QED) is 0.332. The van der Waals surface area contributed by atoms with E-state index in [0.717, 1.165) is 48.0 Å². The lowest BCUT2D eigenvalue weighted by Gasteiger charge is -2.30. The van der Waals surface area contributed by atoms with E-state index in [1.807, 2.05) is 62.3 Å². The second-order valence-corrected chi connectivity index (χ2v) is 9.88. The number of hydrogen-bond donors (Lipinski definition) is 3. The molecule has 1 unspecified atom stereocenters. The number of nitrogens with zero attached hydrogens (tertiary/aromatic N) is 3. The summed E-state index contributed by atoms with van der Waals surface area (Å²) in [5.74, 6) is 1.57. The van der Waals surface area contributed by atoms with E-state index in [2.05, 4.69) is 46.3 Å². The van der Waals surface area contributed by atoms with Gasteiger partial charge < -0.3 is 20.9 Å². The Morgan fingerprint density at radius 2 is 1.53 bits per heavy atom. The molecule has 0 bridgehead atoms. The van der Waals surface area contributed by atoms with Crippen LogP contribution in [0.25, 0.3) is 21.7 Å². The van der Waals surface area contributed by atoms with Crippen LogP contribution in [0.2, 0.25) is 0 Å². The predicted molar refractivity (Wildman–Crippen MR) is 148 cm³/mol. The summed E-state index contributed by atoms with van der Waals surface area (Å²) in [6, 6.07) is 22.9. The van der Waals surface area contributed by atoms with Gasteiger partial charge in [-0.1, -0.05) is 54.6 Å². The Kier molecular flexibility index (Phi) is 6.89. The Hall–Kier alpha value is -3.87. The van der Waals surface area contributed by atoms with Gasteiger partial charge in [-0.25, -0.2) is 9.78 Å². The lowest BCUT2D eigenvalue weighted by molar-refractivity contribution is 0.229. The monoisotopic (exact) mass is 482 g/mol. The molecule has 186 valence electrons. The standard InChI is InChI=1S/C29H34N6O/c1-19(23-13-8-10-20-9-4-5-11-24(20)23)30-29(36)32-22-17-15-21(16-18-22)31-28-33-26-14-7-6-12-25(26)27(34-28)35(2)3/h4-14,19,21-22H,15-18H2,1-3H3,(H2,30,32,36)(H,31,33,34)/t19?,21-,22+. The third-order valence-electron chi connectivity index (χ3n) is 7.04. The van der Waals surface area contributed by atoms with Crippen LogP contribution in [0.1, 0.15) is 44.2 Å². The van der Waals surface area contributed by atoms with Crippen LogP contribution in [0.15, 0.2) is 66.7 Å². The summed E-state index contributed by atoms with van der Waals surface area (Å²) >= 11 is 0. The van der Waals surface area contributed by atoms with Gasteiger partial charge in [0.15, 0.2) is 0 Å². The first kappa shape index (κ1) is 23.9. The molecule has 3 N–H and O–H groups in total. The number of carbonyl (C=O) groups excluding carboxylic acids is 1. The SMILES string of the molecule is CC(NC(=O)N[C@H]1CC[C@@H](Nc2nc(N(C)C)c3ccccc3n2)CC1)c1cccc2ccccc12. The number of aromatic nitrogens is 2. The van der Waals surface area contributed by atoms with Crippen LogP contribution in [0, 0.1) is 0 Å². The second kappa shape index (κ2) is 10.4. The normalized spacial score (nSPS) is 18.5. The smallest absolute Gasteiger partial charge is 0.315 e. The van der Waals surface area contributed by atoms with Crippen molar-refractivity contribution in [2.24, 2.45) is 0 Å². The van der Waals surface area contributed by atoms with Gasteiger partial charge in [-0.2, -0.15) is 4.98 Å². The number of hydrogen-bond acceptors (Lipinski definition) is 5. The molecule has 0 spiro atoms. The molecule has 36 heavy (non-hydrogen) atoms. The minimum atomic E-state index is -0.111. The van der Waals surface area contributed by atoms with Crippen LogP contribution in [0.3, 0.4) is 0 Å². The van der Waals surface area contributed by atoms with Crippen LogP contribution < -0.4 is 20.9 Å². The fourth-order valence-electron chi connectivity index (χ4n) is 5.16. The van der Waals surface area contributed by atoms with Crippen molar-refractivity contribution in [1.29, 1.82) is 0 Å². The Morgan fingerprint density at radius 3 is 2.31 bits per heavy atom. The predicted octanol–water partition coefficient (Wildman–Crippen LogP) is 5.63. The Bertz CT molecular complexity index is 1360. The highest BCUT2D eigenvalue weighted by molar-refractivity contribution is 5.90. The van der Waals surface area contributed by atoms with E-state index in [9.17, 15) is 4.79 Å². The summed E-state index contributed by atoms with van der Waals surface area (Å²) in [6.45, 7) is 2.04. The summed E-state index contributed by atoms with van der Waals surface area (Å²) < 4.78 is 0. The molecule has 7 nitrogen and oxygen atoms in total. The molecule has 2 amide bonds. The number of amides is 2. The van der Waals surface area contributed by atoms with Gasteiger partial charge in [0.2, 0.25) is 5.95 Å². The number of carbonyl (C=O) groups is 1. The zero-order valence-electron chi connectivity index (χ0n) is 21.2. The van der Waals surface area contributed by atoms with Crippen LogP contribution in [0.4, 0.5) is 16.6 Å². The van der Waals surface area contributed by atoms with Crippen molar-refractivity contribution >= 4 is 39.5 Å². The van der Waals surface area contributed by atoms with Gasteiger partial charge in [0.1, 0.15) is 5.82 Å². The molecule has 1 aliphatic rings. The zero-order chi connectivity index (χ0) is 25.1. The van der Waals surface area contributed by atoms with Crippen molar-refractivity contribution in [3.8, 4) is 0 Å². The average molecular weight is 483 g/mol. The molecule has 1 aromatic heterocycles. The first-order chi connectivity index (χ1) is 17.5. The Morgan fingerprint density at radius 1 is 0.861 bits per heavy atom. The summed E-state index contributed by atoms with van der Waals surface area (Å²) in [5.41, 5.74) is 2.06. The molecular weight excluding hydrogens is 448 g/mol. The number of fused-ring (bicyclic) bond motifs is 2. The van der Waals surface area contributed by atoms with E-state index >= 15 is 0 Å². The lowest BCUT2D eigenvalue weighted by Crippen LogP contribution is -2.45. The summed E-state index contributed by atoms with van der Waals surface area (Å²) in [7, 11) is 4.00. The van der Waals surface area contributed by atoms with Gasteiger partial charge in [0, 0.05) is 31.6 Å². The zero-order valence-corrected chi connectivity index (χ0v) is 21.2. The van der Waals surface area contributed by atoms with Crippen molar-refractivity contribution in [2.75, 3.05) is 24.3 Å². The van der Waals surface area contributed by atoms with Gasteiger partial charge >= 0.3 is 6.03 Å². The molecule has 0 aliphatic heterocycles. The van der Waals surface area contributed by atoms with Crippen molar-refractivity contribution in [3.05, 3.63) is 72.3 Å². The first-order valence-electron chi connectivity index (χ1n) is 12.7. The minimum Gasteiger partial charge on any atom is -0.362 e. The number of para-hydroxylation sites is 1. The third kappa shape index (κ3) is 5.20. The number of nitrogens with one attached hydrogen (secondary N) is 3. The van der Waals surface area contributed by atoms with Gasteiger partial charge in [-0.3, -0.25) is 0 Å². The van der Waals surface area contributed by atoms with Crippen LogP contribution in [-0.4, -0.2) is 42.2 Å². The van der Waals surface area contributed by atoms with Crippen LogP contribution in [-0.2, 0) is 0 Å². The van der Waals surface area contributed by atoms with Crippen molar-refractivity contribution in [2.45, 2.75) is 50.7 Å². The summed E-state index contributed by atoms with van der Waals surface area (Å²) in [4.78, 5) is 24.3. The second-order valence-electron chi connectivity index (χ2n) is 9.88. The molecule has 5 rings (SSSR count). The number of urea groups is 1. The fraction of sp³-hybridized carbons (Fsp3) is 0.345. The number of benzene rings is 3. The maximum atomic E-state index is 12.8. The molecule has 1 atom stereocenters. The molecule has 4 aromatic rings. The van der Waals surface area contributed by atoms with E-state index < -0.39 is 0 Å². The molecule has 0 saturated heterocycles. The van der Waals surface area contributed by atoms with Gasteiger partial charge in [-0.05, 0) is 61.1 Å². The van der Waals surface area contributed by atoms with Crippen molar-refractivity contribution in [3.63, 3.8) is 0 Å². The summed E-state index contributed by atoms with van der Waals surface area (Å²) in [6.07, 6.45) is 3.75. The number of anilines is 2. The minimum absolute atomic E-state index is 0.0787. The van der Waals surface area contributed by atoms with E-state index in [-0.39, 0.29) is 24.2 Å². The molecule has 1 aliphatic carbocycles. The highest BCUT2D eigenvalue weighted by Gasteiger charge is 2.24. The third-order valence-corrected chi connectivity index (χ3v) is 7.04. The van der Waals surface area contributed by atoms with E-state index in [0.29, 0.717) is 5.95 Å². The van der Waals surface area contributed by atoms with Gasteiger partial charge in [0.25, 0.3) is 0 Å². The topological polar surface area (TPSA) is 82.2 Å². The highest BCUT2D eigenvalue weighted by atomic mass is 16.2. The Labute approximate surface area is 212 Å². The summed E-state index contributed by atoms with van der Waals surface area (Å²) in [5, 5.41) is 13.3. The van der Waals surface area contributed by atoms with E-state index in [1.54, 1.807) is 0 Å². The van der Waals surface area contributed by atoms with Crippen molar-refractivity contribution in [1.82, 2.24) is 20.6 Å². The average Bonchev–Trinajstić information content (AvgIpc) is 2.89. The lowest BCUT2D eigenvalue weighted by atomic mass is 9.91. The molecule has 1 heterocycles. The molecule has 0 radical (unpaired) electrons. The van der Waals surface area contributed by atoms with E-state index in [4.69, 9.17) is 9.97 Å². The maximum Gasteiger partial charge on any atom is 0.315 e. The first-order valence-corrected chi connectivity index (χ1v) is 12.7. The van der Waals surface area contributed by atoms with Crippen LogP contribution >= 0.6 is 0 Å². The van der Waals surface area contributed by atoms with E-state index in [1.165, 1.54) is 10.8 Å². The molecular formula is C29H34N6O. The van der Waals surface area contributed by atoms with Crippen molar-refractivity contribution < 1.29 is 4.79 Å².